The summed E-state index contributed by atoms with van der Waals surface area (Å²) >= 11 is 0. The van der Waals surface area contributed by atoms with E-state index in [-0.39, 0.29) is 34.8 Å². The lowest BCUT2D eigenvalue weighted by Gasteiger charge is -2.32. The third kappa shape index (κ3) is 4.01. The Bertz CT molecular complexity index is 856. The van der Waals surface area contributed by atoms with Gasteiger partial charge in [0.1, 0.15) is 11.3 Å². The summed E-state index contributed by atoms with van der Waals surface area (Å²) in [5.41, 5.74) is 0.897. The molecule has 2 fully saturated rings. The summed E-state index contributed by atoms with van der Waals surface area (Å²) in [4.78, 5) is 19.6. The van der Waals surface area contributed by atoms with Crippen LogP contribution in [-0.2, 0) is 0 Å². The summed E-state index contributed by atoms with van der Waals surface area (Å²) in [5.74, 6) is 0.665. The van der Waals surface area contributed by atoms with Crippen LogP contribution in [0.1, 0.15) is 73.6 Å². The Hall–Kier alpha value is -2.09. The van der Waals surface area contributed by atoms with Gasteiger partial charge in [0.05, 0.1) is 6.20 Å². The van der Waals surface area contributed by atoms with Crippen molar-refractivity contribution >= 4 is 11.6 Å². The second kappa shape index (κ2) is 7.73. The van der Waals surface area contributed by atoms with Crippen molar-refractivity contribution in [3.05, 3.63) is 29.2 Å². The molecule has 1 aliphatic carbocycles. The fourth-order valence-corrected chi connectivity index (χ4v) is 3.89. The van der Waals surface area contributed by atoms with Crippen LogP contribution in [0.15, 0.2) is 12.3 Å². The number of nitrogens with zero attached hydrogens (tertiary/aromatic N) is 4. The van der Waals surface area contributed by atoms with Gasteiger partial charge in [0.2, 0.25) is 0 Å². The second-order valence-electron chi connectivity index (χ2n) is 8.33. The maximum absolute atomic E-state index is 13.5. The number of likely N-dealkylation sites (tertiary alicyclic amines) is 1. The number of aromatic nitrogens is 3. The van der Waals surface area contributed by atoms with Gasteiger partial charge in [-0.3, -0.25) is 4.79 Å². The molecule has 0 spiro atoms. The molecule has 1 atom stereocenters. The number of piperidine rings is 1. The molecule has 1 aliphatic heterocycles. The molecule has 0 unspecified atom stereocenters. The number of carbonyl (C=O) groups is 1. The van der Waals surface area contributed by atoms with Crippen molar-refractivity contribution in [2.24, 2.45) is 5.92 Å². The number of fused-ring (bicyclic) bond motifs is 1. The Morgan fingerprint density at radius 3 is 2.64 bits per heavy atom. The minimum absolute atomic E-state index is 0.0444. The van der Waals surface area contributed by atoms with Crippen molar-refractivity contribution in [3.63, 3.8) is 0 Å². The standard InChI is InChI=1S/C20H27F2N5O/c1-12-5-7-26(8-6-12)11-13(2)24-20(28)15-10-23-27-17(18(21)22)9-16(14-3-4-14)25-19(15)27/h9-10,12-14,18H,3-8,11H2,1-2H3,(H,24,28)/t13-/m0/s1. The van der Waals surface area contributed by atoms with Gasteiger partial charge in [-0.15, -0.1) is 0 Å². The number of alkyl halides is 2. The first-order valence-corrected chi connectivity index (χ1v) is 10.1. The lowest BCUT2D eigenvalue weighted by molar-refractivity contribution is 0.0922. The Morgan fingerprint density at radius 1 is 1.29 bits per heavy atom. The van der Waals surface area contributed by atoms with E-state index in [1.54, 1.807) is 0 Å². The molecule has 0 radical (unpaired) electrons. The number of hydrogen-bond acceptors (Lipinski definition) is 4. The van der Waals surface area contributed by atoms with Crippen LogP contribution in [0.2, 0.25) is 0 Å². The van der Waals surface area contributed by atoms with E-state index in [1.165, 1.54) is 25.1 Å². The first-order valence-electron chi connectivity index (χ1n) is 10.1. The van der Waals surface area contributed by atoms with Gasteiger partial charge in [-0.05, 0) is 57.7 Å². The fraction of sp³-hybridized carbons (Fsp3) is 0.650. The largest absolute Gasteiger partial charge is 0.348 e. The Morgan fingerprint density at radius 2 is 2.00 bits per heavy atom. The predicted molar refractivity (Wildman–Crippen MR) is 102 cm³/mol. The van der Waals surface area contributed by atoms with Crippen LogP contribution in [0.3, 0.4) is 0 Å². The molecule has 2 aromatic rings. The van der Waals surface area contributed by atoms with E-state index in [2.05, 4.69) is 27.2 Å². The van der Waals surface area contributed by atoms with Gasteiger partial charge in [0, 0.05) is 24.2 Å². The highest BCUT2D eigenvalue weighted by Gasteiger charge is 2.29. The highest BCUT2D eigenvalue weighted by atomic mass is 19.3. The zero-order valence-electron chi connectivity index (χ0n) is 16.4. The summed E-state index contributed by atoms with van der Waals surface area (Å²) in [6.45, 7) is 7.10. The third-order valence-electron chi connectivity index (χ3n) is 5.77. The van der Waals surface area contributed by atoms with E-state index < -0.39 is 6.43 Å². The number of amides is 1. The number of rotatable bonds is 6. The normalized spacial score (nSPS) is 20.0. The van der Waals surface area contributed by atoms with Crippen LogP contribution < -0.4 is 5.32 Å². The van der Waals surface area contributed by atoms with E-state index >= 15 is 0 Å². The highest BCUT2D eigenvalue weighted by molar-refractivity contribution is 5.99. The summed E-state index contributed by atoms with van der Waals surface area (Å²) in [6.07, 6.45) is 2.94. The van der Waals surface area contributed by atoms with Gasteiger partial charge in [-0.25, -0.2) is 18.3 Å². The van der Waals surface area contributed by atoms with Crippen molar-refractivity contribution in [3.8, 4) is 0 Å². The lowest BCUT2D eigenvalue weighted by Crippen LogP contribution is -2.44. The number of halogens is 2. The van der Waals surface area contributed by atoms with Crippen molar-refractivity contribution in [1.29, 1.82) is 0 Å². The molecule has 0 aromatic carbocycles. The molecule has 1 saturated heterocycles. The molecule has 28 heavy (non-hydrogen) atoms. The summed E-state index contributed by atoms with van der Waals surface area (Å²) in [6, 6.07) is 1.38. The van der Waals surface area contributed by atoms with Crippen molar-refractivity contribution < 1.29 is 13.6 Å². The van der Waals surface area contributed by atoms with Crippen LogP contribution in [-0.4, -0.2) is 51.1 Å². The van der Waals surface area contributed by atoms with Crippen LogP contribution >= 0.6 is 0 Å². The van der Waals surface area contributed by atoms with Crippen molar-refractivity contribution in [2.45, 2.75) is 57.9 Å². The minimum atomic E-state index is -2.67. The minimum Gasteiger partial charge on any atom is -0.348 e. The Labute approximate surface area is 163 Å². The summed E-state index contributed by atoms with van der Waals surface area (Å²) < 4.78 is 28.0. The van der Waals surface area contributed by atoms with Gasteiger partial charge in [-0.2, -0.15) is 5.10 Å². The lowest BCUT2D eigenvalue weighted by atomic mass is 9.99. The van der Waals surface area contributed by atoms with Gasteiger partial charge in [-0.1, -0.05) is 6.92 Å². The molecule has 6 nitrogen and oxygen atoms in total. The maximum atomic E-state index is 13.5. The van der Waals surface area contributed by atoms with Crippen molar-refractivity contribution in [2.75, 3.05) is 19.6 Å². The quantitative estimate of drug-likeness (QED) is 0.820. The van der Waals surface area contributed by atoms with Gasteiger partial charge in [0.15, 0.2) is 5.65 Å². The molecule has 1 saturated carbocycles. The smallest absolute Gasteiger partial charge is 0.280 e. The molecule has 1 N–H and O–H groups in total. The monoisotopic (exact) mass is 391 g/mol. The summed E-state index contributed by atoms with van der Waals surface area (Å²) in [5, 5.41) is 7.00. The van der Waals surface area contributed by atoms with E-state index in [0.717, 1.165) is 42.9 Å². The molecule has 2 aromatic heterocycles. The topological polar surface area (TPSA) is 62.5 Å². The molecule has 4 rings (SSSR count). The molecule has 3 heterocycles. The number of carbonyl (C=O) groups excluding carboxylic acids is 1. The zero-order chi connectivity index (χ0) is 19.8. The first kappa shape index (κ1) is 19.2. The fourth-order valence-electron chi connectivity index (χ4n) is 3.89. The van der Waals surface area contributed by atoms with E-state index in [4.69, 9.17) is 0 Å². The predicted octanol–water partition coefficient (Wildman–Crippen LogP) is 3.39. The van der Waals surface area contributed by atoms with E-state index in [9.17, 15) is 13.6 Å². The van der Waals surface area contributed by atoms with Gasteiger partial charge in [0.25, 0.3) is 12.3 Å². The maximum Gasteiger partial charge on any atom is 0.280 e. The van der Waals surface area contributed by atoms with Crippen LogP contribution in [0, 0.1) is 5.92 Å². The highest BCUT2D eigenvalue weighted by Crippen LogP contribution is 2.40. The molecular weight excluding hydrogens is 364 g/mol. The molecule has 1 amide bonds. The van der Waals surface area contributed by atoms with Crippen LogP contribution in [0.4, 0.5) is 8.78 Å². The molecular formula is C20H27F2N5O. The second-order valence-corrected chi connectivity index (χ2v) is 8.33. The van der Waals surface area contributed by atoms with E-state index in [0.29, 0.717) is 5.69 Å². The first-order chi connectivity index (χ1) is 13.4. The zero-order valence-corrected chi connectivity index (χ0v) is 16.4. The number of nitrogens with one attached hydrogen (secondary N) is 1. The SMILES string of the molecule is CC1CCN(C[C@H](C)NC(=O)c2cnn3c(C(F)F)cc(C4CC4)nc23)CC1. The van der Waals surface area contributed by atoms with E-state index in [1.807, 2.05) is 6.92 Å². The summed E-state index contributed by atoms with van der Waals surface area (Å²) in [7, 11) is 0. The van der Waals surface area contributed by atoms with Gasteiger partial charge < -0.3 is 10.2 Å². The third-order valence-corrected chi connectivity index (χ3v) is 5.77. The Balaban J connectivity index is 1.51. The van der Waals surface area contributed by atoms with Crippen LogP contribution in [0.5, 0.6) is 0 Å². The molecule has 152 valence electrons. The van der Waals surface area contributed by atoms with Crippen LogP contribution in [0.25, 0.3) is 5.65 Å². The average Bonchev–Trinajstić information content (AvgIpc) is 3.41. The van der Waals surface area contributed by atoms with Gasteiger partial charge >= 0.3 is 0 Å². The molecule has 2 aliphatic rings. The number of hydrogen-bond donors (Lipinski definition) is 1. The molecule has 8 heteroatoms. The average molecular weight is 391 g/mol. The van der Waals surface area contributed by atoms with Crippen molar-refractivity contribution in [1.82, 2.24) is 24.8 Å². The molecule has 0 bridgehead atoms. The Kier molecular flexibility index (Phi) is 5.31.